The second-order valence-corrected chi connectivity index (χ2v) is 1.56. The predicted molar refractivity (Wildman–Crippen MR) is 35.4 cm³/mol. The van der Waals surface area contributed by atoms with E-state index in [2.05, 4.69) is 9.98 Å². The topological polar surface area (TPSA) is 24.7 Å². The Morgan fingerprint density at radius 3 is 3.12 bits per heavy atom. The molecule has 0 aliphatic carbocycles. The largest absolute Gasteiger partial charge is 0.249 e. The number of hydrogen-bond acceptors (Lipinski definition) is 2. The van der Waals surface area contributed by atoms with Crippen molar-refractivity contribution in [2.24, 2.45) is 9.98 Å². The van der Waals surface area contributed by atoms with E-state index in [0.717, 1.165) is 12.8 Å². The lowest BCUT2D eigenvalue weighted by atomic mass is 10.3. The summed E-state index contributed by atoms with van der Waals surface area (Å²) in [6.45, 7) is 0. The maximum absolute atomic E-state index is 3.86. The lowest BCUT2D eigenvalue weighted by molar-refractivity contribution is 1.11. The number of rotatable bonds is 0. The van der Waals surface area contributed by atoms with Crippen LogP contribution in [0.4, 0.5) is 0 Å². The highest BCUT2D eigenvalue weighted by molar-refractivity contribution is 5.72. The Hall–Kier alpha value is -0.920. The highest BCUT2D eigenvalue weighted by Gasteiger charge is 1.77. The third-order valence-corrected chi connectivity index (χ3v) is 0.893. The summed E-state index contributed by atoms with van der Waals surface area (Å²) >= 11 is 0. The van der Waals surface area contributed by atoms with Gasteiger partial charge in [0.1, 0.15) is 6.34 Å². The monoisotopic (exact) mass is 108 g/mol. The molecule has 1 heterocycles. The Morgan fingerprint density at radius 1 is 1.12 bits per heavy atom. The van der Waals surface area contributed by atoms with E-state index in [-0.39, 0.29) is 0 Å². The molecule has 0 spiro atoms. The molecule has 0 amide bonds. The van der Waals surface area contributed by atoms with Crippen LogP contribution in [0.25, 0.3) is 0 Å². The van der Waals surface area contributed by atoms with Crippen LogP contribution < -0.4 is 0 Å². The molecule has 0 fully saturated rings. The first-order chi connectivity index (χ1) is 4.00. The van der Waals surface area contributed by atoms with Crippen LogP contribution in [-0.2, 0) is 0 Å². The molecule has 1 aliphatic rings. The third-order valence-electron chi connectivity index (χ3n) is 0.893. The molecule has 0 bridgehead atoms. The first-order valence-corrected chi connectivity index (χ1v) is 2.68. The number of nitrogens with zero attached hydrogens (tertiary/aromatic N) is 2. The molecule has 42 valence electrons. The second kappa shape index (κ2) is 3.13. The van der Waals surface area contributed by atoms with Crippen LogP contribution in [-0.4, -0.2) is 12.6 Å². The highest BCUT2D eigenvalue weighted by atomic mass is 14.8. The molecule has 0 saturated carbocycles. The maximum Gasteiger partial charge on any atom is 0.114 e. The first kappa shape index (κ1) is 5.22. The second-order valence-electron chi connectivity index (χ2n) is 1.56. The molecule has 0 atom stereocenters. The van der Waals surface area contributed by atoms with E-state index in [1.54, 1.807) is 12.5 Å². The van der Waals surface area contributed by atoms with Gasteiger partial charge in [-0.2, -0.15) is 0 Å². The van der Waals surface area contributed by atoms with Gasteiger partial charge in [-0.3, -0.25) is 0 Å². The van der Waals surface area contributed by atoms with E-state index in [0.29, 0.717) is 0 Å². The van der Waals surface area contributed by atoms with Crippen molar-refractivity contribution in [3.8, 4) is 0 Å². The summed E-state index contributed by atoms with van der Waals surface area (Å²) in [6, 6.07) is 0. The van der Waals surface area contributed by atoms with Crippen molar-refractivity contribution < 1.29 is 0 Å². The molecule has 1 rings (SSSR count). The molecular weight excluding hydrogens is 100 g/mol. The zero-order valence-corrected chi connectivity index (χ0v) is 4.62. The normalized spacial score (nSPS) is 18.0. The van der Waals surface area contributed by atoms with Crippen LogP contribution in [0.1, 0.15) is 12.8 Å². The Kier molecular flexibility index (Phi) is 2.04. The molecule has 0 N–H and O–H groups in total. The number of aliphatic imine (C=N–C) groups is 2. The Balaban J connectivity index is 2.51. The minimum Gasteiger partial charge on any atom is -0.249 e. The van der Waals surface area contributed by atoms with E-state index < -0.39 is 0 Å². The standard InChI is InChI=1S/C6H8N2/c1-2-4-7-6-8-5-3-1/h2,4-6H,1,3H2. The van der Waals surface area contributed by atoms with Crippen molar-refractivity contribution in [2.45, 2.75) is 12.8 Å². The van der Waals surface area contributed by atoms with Crippen molar-refractivity contribution in [1.82, 2.24) is 0 Å². The van der Waals surface area contributed by atoms with Gasteiger partial charge in [0.05, 0.1) is 0 Å². The smallest absolute Gasteiger partial charge is 0.114 e. The van der Waals surface area contributed by atoms with Gasteiger partial charge in [0.15, 0.2) is 0 Å². The van der Waals surface area contributed by atoms with Crippen LogP contribution in [0.2, 0.25) is 0 Å². The number of allylic oxidation sites excluding steroid dienone is 1. The van der Waals surface area contributed by atoms with Crippen LogP contribution >= 0.6 is 0 Å². The van der Waals surface area contributed by atoms with Crippen LogP contribution in [0, 0.1) is 0 Å². The molecular formula is C6H8N2. The number of hydrogen-bond donors (Lipinski definition) is 0. The molecule has 2 heteroatoms. The van der Waals surface area contributed by atoms with Crippen molar-refractivity contribution in [2.75, 3.05) is 0 Å². The molecule has 0 radical (unpaired) electrons. The van der Waals surface area contributed by atoms with Gasteiger partial charge in [-0.15, -0.1) is 0 Å². The van der Waals surface area contributed by atoms with Gasteiger partial charge in [-0.25, -0.2) is 9.98 Å². The summed E-state index contributed by atoms with van der Waals surface area (Å²) in [6.07, 6.45) is 9.31. The summed E-state index contributed by atoms with van der Waals surface area (Å²) in [5.41, 5.74) is 0. The lowest BCUT2D eigenvalue weighted by Crippen LogP contribution is -1.76. The van der Waals surface area contributed by atoms with Gasteiger partial charge in [-0.1, -0.05) is 6.08 Å². The molecule has 0 aromatic carbocycles. The molecule has 1 aliphatic heterocycles. The van der Waals surface area contributed by atoms with E-state index in [4.69, 9.17) is 0 Å². The fourth-order valence-electron chi connectivity index (χ4n) is 0.505. The van der Waals surface area contributed by atoms with E-state index in [1.165, 1.54) is 0 Å². The third kappa shape index (κ3) is 1.69. The highest BCUT2D eigenvalue weighted by Crippen LogP contribution is 1.89. The van der Waals surface area contributed by atoms with E-state index >= 15 is 0 Å². The Labute approximate surface area is 48.7 Å². The molecule has 2 nitrogen and oxygen atoms in total. The average Bonchev–Trinajstić information content (AvgIpc) is 1.62. The van der Waals surface area contributed by atoms with Gasteiger partial charge in [0.25, 0.3) is 0 Å². The summed E-state index contributed by atoms with van der Waals surface area (Å²) < 4.78 is 0. The molecule has 0 aromatic rings. The van der Waals surface area contributed by atoms with Crippen LogP contribution in [0.15, 0.2) is 22.3 Å². The predicted octanol–water partition coefficient (Wildman–Crippen LogP) is 1.39. The summed E-state index contributed by atoms with van der Waals surface area (Å²) in [4.78, 5) is 7.69. The SMILES string of the molecule is C1=CN=CN=CCC1. The van der Waals surface area contributed by atoms with Gasteiger partial charge >= 0.3 is 0 Å². The molecule has 0 saturated heterocycles. The van der Waals surface area contributed by atoms with Crippen molar-refractivity contribution in [1.29, 1.82) is 0 Å². The average molecular weight is 108 g/mol. The van der Waals surface area contributed by atoms with Gasteiger partial charge in [0.2, 0.25) is 0 Å². The minimum absolute atomic E-state index is 1.03. The minimum atomic E-state index is 1.03. The van der Waals surface area contributed by atoms with E-state index in [9.17, 15) is 0 Å². The summed E-state index contributed by atoms with van der Waals surface area (Å²) in [5, 5.41) is 0. The van der Waals surface area contributed by atoms with Gasteiger partial charge < -0.3 is 0 Å². The van der Waals surface area contributed by atoms with Gasteiger partial charge in [-0.05, 0) is 12.8 Å². The van der Waals surface area contributed by atoms with Crippen molar-refractivity contribution in [3.05, 3.63) is 12.3 Å². The fraction of sp³-hybridized carbons (Fsp3) is 0.333. The van der Waals surface area contributed by atoms with Crippen molar-refractivity contribution in [3.63, 3.8) is 0 Å². The summed E-state index contributed by atoms with van der Waals surface area (Å²) in [7, 11) is 0. The van der Waals surface area contributed by atoms with Crippen LogP contribution in [0.3, 0.4) is 0 Å². The molecule has 8 heavy (non-hydrogen) atoms. The lowest BCUT2D eigenvalue weighted by Gasteiger charge is -1.85. The molecule has 0 unspecified atom stereocenters. The van der Waals surface area contributed by atoms with Crippen molar-refractivity contribution >= 4 is 12.6 Å². The van der Waals surface area contributed by atoms with E-state index in [1.807, 2.05) is 12.3 Å². The molecule has 0 aromatic heterocycles. The first-order valence-electron chi connectivity index (χ1n) is 2.68. The van der Waals surface area contributed by atoms with Crippen LogP contribution in [0.5, 0.6) is 0 Å². The Morgan fingerprint density at radius 2 is 2.12 bits per heavy atom. The van der Waals surface area contributed by atoms with Gasteiger partial charge in [0, 0.05) is 12.4 Å². The maximum atomic E-state index is 3.86. The fourth-order valence-corrected chi connectivity index (χ4v) is 0.505. The Bertz CT molecular complexity index is 117. The quantitative estimate of drug-likeness (QED) is 0.448. The zero-order valence-electron chi connectivity index (χ0n) is 4.62. The zero-order chi connectivity index (χ0) is 5.66. The summed E-state index contributed by atoms with van der Waals surface area (Å²) in [5.74, 6) is 0.